The fourth-order valence-corrected chi connectivity index (χ4v) is 2.66. The zero-order valence-electron chi connectivity index (χ0n) is 11.8. The molecule has 4 nitrogen and oxygen atoms in total. The van der Waals surface area contributed by atoms with Gasteiger partial charge in [-0.15, -0.1) is 0 Å². The van der Waals surface area contributed by atoms with Gasteiger partial charge in [0.15, 0.2) is 0 Å². The van der Waals surface area contributed by atoms with Gasteiger partial charge in [-0.25, -0.2) is 0 Å². The van der Waals surface area contributed by atoms with Crippen LogP contribution in [0.5, 0.6) is 11.5 Å². The highest BCUT2D eigenvalue weighted by atomic mass is 16.5. The number of nitrogens with one attached hydrogen (secondary N) is 1. The zero-order valence-corrected chi connectivity index (χ0v) is 11.8. The number of benzene rings is 1. The molecule has 0 spiro atoms. The minimum Gasteiger partial charge on any atom is -0.497 e. The van der Waals surface area contributed by atoms with E-state index in [2.05, 4.69) is 12.2 Å². The van der Waals surface area contributed by atoms with Crippen molar-refractivity contribution in [2.75, 3.05) is 14.2 Å². The molecule has 1 N–H and O–H groups in total. The lowest BCUT2D eigenvalue weighted by Crippen LogP contribution is -2.43. The van der Waals surface area contributed by atoms with Crippen molar-refractivity contribution in [1.82, 2.24) is 5.32 Å². The molecule has 0 saturated carbocycles. The molecule has 4 heteroatoms. The first-order valence-electron chi connectivity index (χ1n) is 6.64. The minimum absolute atomic E-state index is 0.126. The molecule has 0 aromatic heterocycles. The highest BCUT2D eigenvalue weighted by molar-refractivity contribution is 5.79. The largest absolute Gasteiger partial charge is 0.497 e. The third-order valence-corrected chi connectivity index (χ3v) is 3.94. The van der Waals surface area contributed by atoms with Gasteiger partial charge < -0.3 is 14.8 Å². The van der Waals surface area contributed by atoms with Crippen LogP contribution in [0.25, 0.3) is 0 Å². The van der Waals surface area contributed by atoms with Crippen molar-refractivity contribution < 1.29 is 14.3 Å². The van der Waals surface area contributed by atoms with Crippen LogP contribution in [-0.2, 0) is 11.2 Å². The van der Waals surface area contributed by atoms with Crippen molar-refractivity contribution in [3.05, 3.63) is 23.8 Å². The molecule has 2 rings (SSSR count). The van der Waals surface area contributed by atoms with Gasteiger partial charge in [-0.1, -0.05) is 13.0 Å². The molecule has 1 atom stereocenters. The van der Waals surface area contributed by atoms with Crippen LogP contribution in [0.3, 0.4) is 0 Å². The van der Waals surface area contributed by atoms with Gasteiger partial charge in [-0.3, -0.25) is 4.79 Å². The second-order valence-electron chi connectivity index (χ2n) is 5.04. The second-order valence-corrected chi connectivity index (χ2v) is 5.04. The summed E-state index contributed by atoms with van der Waals surface area (Å²) in [6, 6.07) is 5.83. The van der Waals surface area contributed by atoms with E-state index >= 15 is 0 Å². The number of hydrogen-bond donors (Lipinski definition) is 1. The Morgan fingerprint density at radius 2 is 2.11 bits per heavy atom. The van der Waals surface area contributed by atoms with Crippen LogP contribution >= 0.6 is 0 Å². The van der Waals surface area contributed by atoms with Crippen molar-refractivity contribution in [2.24, 2.45) is 0 Å². The molecule has 19 heavy (non-hydrogen) atoms. The average Bonchev–Trinajstić information content (AvgIpc) is 2.81. The summed E-state index contributed by atoms with van der Waals surface area (Å²) < 4.78 is 10.6. The number of hydrogen-bond acceptors (Lipinski definition) is 3. The van der Waals surface area contributed by atoms with Crippen molar-refractivity contribution in [1.29, 1.82) is 0 Å². The Kier molecular flexibility index (Phi) is 3.98. The second kappa shape index (κ2) is 5.51. The first-order valence-corrected chi connectivity index (χ1v) is 6.64. The Labute approximate surface area is 114 Å². The minimum atomic E-state index is -0.126. The van der Waals surface area contributed by atoms with Gasteiger partial charge in [0.05, 0.1) is 14.2 Å². The summed E-state index contributed by atoms with van der Waals surface area (Å²) in [5.41, 5.74) is 0.978. The molecule has 0 radical (unpaired) electrons. The zero-order chi connectivity index (χ0) is 13.9. The first-order chi connectivity index (χ1) is 9.12. The molecule has 104 valence electrons. The Bertz CT molecular complexity index is 472. The number of amides is 1. The molecule has 1 unspecified atom stereocenters. The lowest BCUT2D eigenvalue weighted by Gasteiger charge is -2.28. The van der Waals surface area contributed by atoms with Gasteiger partial charge >= 0.3 is 0 Å². The highest BCUT2D eigenvalue weighted by Crippen LogP contribution is 2.33. The summed E-state index contributed by atoms with van der Waals surface area (Å²) in [5, 5.41) is 3.12. The summed E-state index contributed by atoms with van der Waals surface area (Å²) in [5.74, 6) is 1.74. The van der Waals surface area contributed by atoms with Crippen molar-refractivity contribution >= 4 is 5.91 Å². The molecule has 1 fully saturated rings. The van der Waals surface area contributed by atoms with E-state index < -0.39 is 0 Å². The van der Waals surface area contributed by atoms with Gasteiger partial charge in [-0.2, -0.15) is 0 Å². The molecule has 1 aromatic carbocycles. The van der Waals surface area contributed by atoms with E-state index in [0.29, 0.717) is 6.42 Å². The predicted octanol–water partition coefficient (Wildman–Crippen LogP) is 2.31. The van der Waals surface area contributed by atoms with Crippen LogP contribution in [-0.4, -0.2) is 25.7 Å². The molecule has 1 amide bonds. The van der Waals surface area contributed by atoms with Crippen LogP contribution in [0.15, 0.2) is 18.2 Å². The highest BCUT2D eigenvalue weighted by Gasteiger charge is 2.36. The summed E-state index contributed by atoms with van der Waals surface area (Å²) >= 11 is 0. The van der Waals surface area contributed by atoms with E-state index in [1.54, 1.807) is 14.2 Å². The summed E-state index contributed by atoms with van der Waals surface area (Å²) in [6.07, 6.45) is 3.22. The standard InChI is InChI=1S/C15H21NO3/c1-4-15(8-7-14(17)16-15)10-11-5-6-12(18-2)9-13(11)19-3/h5-6,9H,4,7-8,10H2,1-3H3,(H,16,17). The van der Waals surface area contributed by atoms with Crippen LogP contribution in [0.1, 0.15) is 31.7 Å². The van der Waals surface area contributed by atoms with Crippen LogP contribution in [0.4, 0.5) is 0 Å². The fraction of sp³-hybridized carbons (Fsp3) is 0.533. The van der Waals surface area contributed by atoms with Crippen LogP contribution in [0.2, 0.25) is 0 Å². The predicted molar refractivity (Wildman–Crippen MR) is 73.6 cm³/mol. The van der Waals surface area contributed by atoms with Gasteiger partial charge in [0.25, 0.3) is 0 Å². The maximum Gasteiger partial charge on any atom is 0.220 e. The number of rotatable bonds is 5. The summed E-state index contributed by atoms with van der Waals surface area (Å²) in [4.78, 5) is 11.5. The topological polar surface area (TPSA) is 47.6 Å². The molecule has 1 aromatic rings. The smallest absolute Gasteiger partial charge is 0.220 e. The summed E-state index contributed by atoms with van der Waals surface area (Å²) in [6.45, 7) is 2.11. The van der Waals surface area contributed by atoms with Gasteiger partial charge in [-0.05, 0) is 30.9 Å². The lowest BCUT2D eigenvalue weighted by molar-refractivity contribution is -0.119. The van der Waals surface area contributed by atoms with E-state index in [0.717, 1.165) is 36.3 Å². The Morgan fingerprint density at radius 3 is 2.63 bits per heavy atom. The third-order valence-electron chi connectivity index (χ3n) is 3.94. The van der Waals surface area contributed by atoms with Crippen molar-refractivity contribution in [3.63, 3.8) is 0 Å². The Morgan fingerprint density at radius 1 is 1.32 bits per heavy atom. The number of carbonyl (C=O) groups excluding carboxylic acids is 1. The monoisotopic (exact) mass is 263 g/mol. The van der Waals surface area contributed by atoms with Crippen LogP contribution < -0.4 is 14.8 Å². The molecule has 1 saturated heterocycles. The van der Waals surface area contributed by atoms with Gasteiger partial charge in [0, 0.05) is 18.0 Å². The maximum absolute atomic E-state index is 11.5. The molecular formula is C15H21NO3. The van der Waals surface area contributed by atoms with Gasteiger partial charge in [0.1, 0.15) is 11.5 Å². The fourth-order valence-electron chi connectivity index (χ4n) is 2.66. The number of methoxy groups -OCH3 is 2. The molecule has 0 bridgehead atoms. The number of carbonyl (C=O) groups is 1. The lowest BCUT2D eigenvalue weighted by atomic mass is 9.86. The number of ether oxygens (including phenoxy) is 2. The van der Waals surface area contributed by atoms with E-state index in [4.69, 9.17) is 9.47 Å². The molecule has 1 heterocycles. The van der Waals surface area contributed by atoms with Gasteiger partial charge in [0.2, 0.25) is 5.91 Å². The average molecular weight is 263 g/mol. The van der Waals surface area contributed by atoms with E-state index in [1.807, 2.05) is 18.2 Å². The van der Waals surface area contributed by atoms with E-state index in [1.165, 1.54) is 0 Å². The maximum atomic E-state index is 11.5. The molecular weight excluding hydrogens is 242 g/mol. The van der Waals surface area contributed by atoms with E-state index in [9.17, 15) is 4.79 Å². The van der Waals surface area contributed by atoms with E-state index in [-0.39, 0.29) is 11.4 Å². The first kappa shape index (κ1) is 13.7. The normalized spacial score (nSPS) is 22.2. The molecule has 1 aliphatic rings. The third kappa shape index (κ3) is 2.83. The molecule has 1 aliphatic heterocycles. The van der Waals surface area contributed by atoms with Crippen LogP contribution in [0, 0.1) is 0 Å². The SMILES string of the molecule is CCC1(Cc2ccc(OC)cc2OC)CCC(=O)N1. The Balaban J connectivity index is 2.24. The Hall–Kier alpha value is -1.71. The van der Waals surface area contributed by atoms with Crippen molar-refractivity contribution in [3.8, 4) is 11.5 Å². The van der Waals surface area contributed by atoms with Crippen molar-refractivity contribution in [2.45, 2.75) is 38.1 Å². The summed E-state index contributed by atoms with van der Waals surface area (Å²) in [7, 11) is 3.29. The quantitative estimate of drug-likeness (QED) is 0.886. The molecule has 0 aliphatic carbocycles.